The van der Waals surface area contributed by atoms with Gasteiger partial charge in [-0.15, -0.1) is 10.2 Å². The van der Waals surface area contributed by atoms with Gasteiger partial charge >= 0.3 is 0 Å². The SMILES string of the molecule is CCc1ccccc1NC(=O)CN(C)C(=O)C(C)Sc1nnc(-c2ccccc2Cl)n1C. The Morgan fingerprint density at radius 3 is 2.56 bits per heavy atom. The lowest BCUT2D eigenvalue weighted by atomic mass is 10.1. The van der Waals surface area contributed by atoms with E-state index < -0.39 is 5.25 Å². The maximum Gasteiger partial charge on any atom is 0.243 e. The van der Waals surface area contributed by atoms with E-state index in [2.05, 4.69) is 15.5 Å². The Balaban J connectivity index is 1.62. The molecule has 32 heavy (non-hydrogen) atoms. The fourth-order valence-electron chi connectivity index (χ4n) is 3.25. The van der Waals surface area contributed by atoms with Crippen molar-refractivity contribution in [2.75, 3.05) is 18.9 Å². The first-order valence-corrected chi connectivity index (χ1v) is 11.5. The monoisotopic (exact) mass is 471 g/mol. The Morgan fingerprint density at radius 1 is 1.16 bits per heavy atom. The van der Waals surface area contributed by atoms with Crippen molar-refractivity contribution < 1.29 is 9.59 Å². The van der Waals surface area contributed by atoms with Gasteiger partial charge in [-0.25, -0.2) is 0 Å². The second kappa shape index (κ2) is 10.7. The van der Waals surface area contributed by atoms with Crippen LogP contribution in [0.5, 0.6) is 0 Å². The first-order chi connectivity index (χ1) is 15.3. The summed E-state index contributed by atoms with van der Waals surface area (Å²) < 4.78 is 1.81. The normalized spacial score (nSPS) is 11.8. The van der Waals surface area contributed by atoms with Crippen molar-refractivity contribution in [1.82, 2.24) is 19.7 Å². The second-order valence-corrected chi connectivity index (χ2v) is 9.07. The van der Waals surface area contributed by atoms with Gasteiger partial charge in [0.1, 0.15) is 0 Å². The fourth-order valence-corrected chi connectivity index (χ4v) is 4.40. The molecule has 1 heterocycles. The minimum absolute atomic E-state index is 0.0362. The summed E-state index contributed by atoms with van der Waals surface area (Å²) in [6.07, 6.45) is 0.812. The molecule has 0 aliphatic rings. The Bertz CT molecular complexity index is 1120. The number of rotatable bonds is 8. The van der Waals surface area contributed by atoms with Crippen LogP contribution < -0.4 is 5.32 Å². The van der Waals surface area contributed by atoms with Crippen LogP contribution in [0.4, 0.5) is 5.69 Å². The first-order valence-electron chi connectivity index (χ1n) is 10.3. The van der Waals surface area contributed by atoms with Crippen molar-refractivity contribution in [3.8, 4) is 11.4 Å². The molecule has 0 fully saturated rings. The standard InChI is InChI=1S/C23H26ClN5O2S/c1-5-16-10-6-9-13-19(16)25-20(30)14-28(3)22(31)15(2)32-23-27-26-21(29(23)4)17-11-7-8-12-18(17)24/h6-13,15H,5,14H2,1-4H3,(H,25,30). The molecule has 9 heteroatoms. The number of nitrogens with one attached hydrogen (secondary N) is 1. The number of anilines is 1. The lowest BCUT2D eigenvalue weighted by molar-refractivity contribution is -0.132. The van der Waals surface area contributed by atoms with E-state index in [1.165, 1.54) is 16.7 Å². The molecule has 0 saturated heterocycles. The van der Waals surface area contributed by atoms with Crippen molar-refractivity contribution in [3.05, 3.63) is 59.1 Å². The van der Waals surface area contributed by atoms with Crippen LogP contribution in [0, 0.1) is 0 Å². The third-order valence-electron chi connectivity index (χ3n) is 5.01. The Hall–Kier alpha value is -2.84. The van der Waals surface area contributed by atoms with Gasteiger partial charge in [-0.2, -0.15) is 0 Å². The molecule has 168 valence electrons. The number of para-hydroxylation sites is 1. The number of halogens is 1. The second-order valence-electron chi connectivity index (χ2n) is 7.36. The number of nitrogens with zero attached hydrogens (tertiary/aromatic N) is 4. The van der Waals surface area contributed by atoms with Crippen LogP contribution in [0.3, 0.4) is 0 Å². The average molecular weight is 472 g/mol. The van der Waals surface area contributed by atoms with E-state index in [9.17, 15) is 9.59 Å². The van der Waals surface area contributed by atoms with Crippen molar-refractivity contribution in [2.45, 2.75) is 30.7 Å². The number of benzene rings is 2. The number of thioether (sulfide) groups is 1. The summed E-state index contributed by atoms with van der Waals surface area (Å²) in [7, 11) is 3.46. The van der Waals surface area contributed by atoms with Gasteiger partial charge in [-0.05, 0) is 37.1 Å². The van der Waals surface area contributed by atoms with E-state index in [0.717, 1.165) is 23.2 Å². The highest BCUT2D eigenvalue weighted by Gasteiger charge is 2.24. The number of carbonyl (C=O) groups excluding carboxylic acids is 2. The van der Waals surface area contributed by atoms with E-state index in [1.807, 2.05) is 61.0 Å². The zero-order chi connectivity index (χ0) is 23.3. The molecule has 0 spiro atoms. The quantitative estimate of drug-likeness (QED) is 0.496. The third kappa shape index (κ3) is 5.49. The number of likely N-dealkylation sites (N-methyl/N-ethyl adjacent to an activating group) is 1. The zero-order valence-electron chi connectivity index (χ0n) is 18.5. The maximum atomic E-state index is 12.8. The van der Waals surface area contributed by atoms with Crippen LogP contribution >= 0.6 is 23.4 Å². The Kier molecular flexibility index (Phi) is 7.93. The van der Waals surface area contributed by atoms with E-state index >= 15 is 0 Å². The number of aromatic nitrogens is 3. The summed E-state index contributed by atoms with van der Waals surface area (Å²) in [6.45, 7) is 3.78. The first kappa shape index (κ1) is 23.8. The number of hydrogen-bond acceptors (Lipinski definition) is 5. The minimum Gasteiger partial charge on any atom is -0.335 e. The number of carbonyl (C=O) groups is 2. The molecule has 1 N–H and O–H groups in total. The fraction of sp³-hybridized carbons (Fsp3) is 0.304. The topological polar surface area (TPSA) is 80.1 Å². The molecule has 7 nitrogen and oxygen atoms in total. The van der Waals surface area contributed by atoms with Gasteiger partial charge in [-0.3, -0.25) is 9.59 Å². The number of hydrogen-bond donors (Lipinski definition) is 1. The molecule has 1 atom stereocenters. The molecule has 2 amide bonds. The Labute approximate surface area is 197 Å². The predicted octanol–water partition coefficient (Wildman–Crippen LogP) is 4.28. The summed E-state index contributed by atoms with van der Waals surface area (Å²) in [5, 5.41) is 12.1. The summed E-state index contributed by atoms with van der Waals surface area (Å²) in [6, 6.07) is 15.1. The van der Waals surface area contributed by atoms with Crippen molar-refractivity contribution in [3.63, 3.8) is 0 Å². The number of amides is 2. The minimum atomic E-state index is -0.447. The molecule has 0 aliphatic carbocycles. The van der Waals surface area contributed by atoms with Crippen molar-refractivity contribution in [2.24, 2.45) is 7.05 Å². The van der Waals surface area contributed by atoms with Crippen LogP contribution in [0.1, 0.15) is 19.4 Å². The highest BCUT2D eigenvalue weighted by atomic mass is 35.5. The molecular formula is C23H26ClN5O2S. The highest BCUT2D eigenvalue weighted by Crippen LogP contribution is 2.30. The molecule has 0 bridgehead atoms. The maximum absolute atomic E-state index is 12.8. The molecule has 0 saturated carbocycles. The van der Waals surface area contributed by atoms with Crippen LogP contribution in [0.25, 0.3) is 11.4 Å². The predicted molar refractivity (Wildman–Crippen MR) is 129 cm³/mol. The van der Waals surface area contributed by atoms with Crippen molar-refractivity contribution >= 4 is 40.9 Å². The van der Waals surface area contributed by atoms with E-state index in [-0.39, 0.29) is 18.4 Å². The molecule has 2 aromatic carbocycles. The summed E-state index contributed by atoms with van der Waals surface area (Å²) in [5.74, 6) is 0.218. The smallest absolute Gasteiger partial charge is 0.243 e. The van der Waals surface area contributed by atoms with Crippen LogP contribution in [0.2, 0.25) is 5.02 Å². The van der Waals surface area contributed by atoms with Crippen LogP contribution in [-0.4, -0.2) is 50.3 Å². The van der Waals surface area contributed by atoms with Gasteiger partial charge in [0.15, 0.2) is 11.0 Å². The average Bonchev–Trinajstić information content (AvgIpc) is 3.13. The van der Waals surface area contributed by atoms with E-state index in [1.54, 1.807) is 20.0 Å². The molecule has 0 aliphatic heterocycles. The van der Waals surface area contributed by atoms with Gasteiger partial charge in [-0.1, -0.05) is 60.6 Å². The lowest BCUT2D eigenvalue weighted by Gasteiger charge is -2.21. The summed E-state index contributed by atoms with van der Waals surface area (Å²) in [4.78, 5) is 26.7. The van der Waals surface area contributed by atoms with Crippen LogP contribution in [-0.2, 0) is 23.1 Å². The summed E-state index contributed by atoms with van der Waals surface area (Å²) >= 11 is 7.57. The van der Waals surface area contributed by atoms with Gasteiger partial charge < -0.3 is 14.8 Å². The highest BCUT2D eigenvalue weighted by molar-refractivity contribution is 8.00. The lowest BCUT2D eigenvalue weighted by Crippen LogP contribution is -2.39. The van der Waals surface area contributed by atoms with Crippen LogP contribution in [0.15, 0.2) is 53.7 Å². The molecular weight excluding hydrogens is 446 g/mol. The van der Waals surface area contributed by atoms with Gasteiger partial charge in [0.25, 0.3) is 0 Å². The Morgan fingerprint density at radius 2 is 1.84 bits per heavy atom. The van der Waals surface area contributed by atoms with Gasteiger partial charge in [0, 0.05) is 25.3 Å². The van der Waals surface area contributed by atoms with E-state index in [0.29, 0.717) is 16.0 Å². The van der Waals surface area contributed by atoms with E-state index in [4.69, 9.17) is 11.6 Å². The molecule has 3 aromatic rings. The van der Waals surface area contributed by atoms with Crippen molar-refractivity contribution in [1.29, 1.82) is 0 Å². The molecule has 1 unspecified atom stereocenters. The molecule has 0 radical (unpaired) electrons. The third-order valence-corrected chi connectivity index (χ3v) is 6.46. The molecule has 3 rings (SSSR count). The van der Waals surface area contributed by atoms with Gasteiger partial charge in [0.05, 0.1) is 16.8 Å². The summed E-state index contributed by atoms with van der Waals surface area (Å²) in [5.41, 5.74) is 2.60. The number of aryl methyl sites for hydroxylation is 1. The zero-order valence-corrected chi connectivity index (χ0v) is 20.1. The largest absolute Gasteiger partial charge is 0.335 e. The van der Waals surface area contributed by atoms with Gasteiger partial charge in [0.2, 0.25) is 11.8 Å². The molecule has 1 aromatic heterocycles.